The van der Waals surface area contributed by atoms with Gasteiger partial charge in [-0.3, -0.25) is 4.98 Å². The third kappa shape index (κ3) is 2.74. The van der Waals surface area contributed by atoms with E-state index in [9.17, 15) is 0 Å². The summed E-state index contributed by atoms with van der Waals surface area (Å²) < 4.78 is 1.04. The van der Waals surface area contributed by atoms with Crippen LogP contribution < -0.4 is 5.32 Å². The molecule has 0 bridgehead atoms. The van der Waals surface area contributed by atoms with Gasteiger partial charge in [-0.25, -0.2) is 0 Å². The Morgan fingerprint density at radius 1 is 1.56 bits per heavy atom. The Labute approximate surface area is 105 Å². The van der Waals surface area contributed by atoms with Crippen molar-refractivity contribution in [2.45, 2.75) is 19.4 Å². The molecule has 1 aromatic heterocycles. The van der Waals surface area contributed by atoms with Gasteiger partial charge in [0, 0.05) is 25.0 Å². The van der Waals surface area contributed by atoms with Gasteiger partial charge in [-0.05, 0) is 47.9 Å². The van der Waals surface area contributed by atoms with Crippen LogP contribution in [0.1, 0.15) is 13.3 Å². The zero-order chi connectivity index (χ0) is 11.5. The fraction of sp³-hybridized carbons (Fsp3) is 0.583. The summed E-state index contributed by atoms with van der Waals surface area (Å²) in [6.45, 7) is 4.65. The van der Waals surface area contributed by atoms with Gasteiger partial charge in [0.15, 0.2) is 0 Å². The highest BCUT2D eigenvalue weighted by molar-refractivity contribution is 9.10. The van der Waals surface area contributed by atoms with E-state index in [0.717, 1.165) is 10.2 Å². The van der Waals surface area contributed by atoms with Crippen molar-refractivity contribution in [2.24, 2.45) is 5.92 Å². The summed E-state index contributed by atoms with van der Waals surface area (Å²) in [4.78, 5) is 6.47. The number of nitrogens with zero attached hydrogens (tertiary/aromatic N) is 2. The Hall–Kier alpha value is -0.610. The standard InChI is InChI=1S/C12H18BrN3/c1-9-8-16(2)6-4-11(9)15-12-3-5-14-7-10(12)13/h3,5,7,9,11H,4,6,8H2,1-2H3,(H,14,15). The van der Waals surface area contributed by atoms with Gasteiger partial charge in [0.1, 0.15) is 0 Å². The number of anilines is 1. The van der Waals surface area contributed by atoms with E-state index in [1.165, 1.54) is 19.5 Å². The molecule has 1 saturated heterocycles. The minimum atomic E-state index is 0.565. The summed E-state index contributed by atoms with van der Waals surface area (Å²) in [6.07, 6.45) is 4.86. The molecular formula is C12H18BrN3. The average molecular weight is 284 g/mol. The molecule has 4 heteroatoms. The van der Waals surface area contributed by atoms with Crippen LogP contribution in [0.3, 0.4) is 0 Å². The molecule has 1 aromatic rings. The van der Waals surface area contributed by atoms with Crippen molar-refractivity contribution in [2.75, 3.05) is 25.5 Å². The molecule has 0 spiro atoms. The van der Waals surface area contributed by atoms with Crippen molar-refractivity contribution in [3.05, 3.63) is 22.9 Å². The average Bonchev–Trinajstić information content (AvgIpc) is 2.25. The molecular weight excluding hydrogens is 266 g/mol. The molecule has 0 amide bonds. The van der Waals surface area contributed by atoms with Crippen LogP contribution in [0.2, 0.25) is 0 Å². The van der Waals surface area contributed by atoms with Crippen molar-refractivity contribution in [1.82, 2.24) is 9.88 Å². The molecule has 3 nitrogen and oxygen atoms in total. The molecule has 0 radical (unpaired) electrons. The number of aromatic nitrogens is 1. The number of hydrogen-bond acceptors (Lipinski definition) is 3. The first-order chi connectivity index (χ1) is 7.66. The molecule has 16 heavy (non-hydrogen) atoms. The lowest BCUT2D eigenvalue weighted by atomic mass is 9.94. The van der Waals surface area contributed by atoms with Gasteiger partial charge in [-0.1, -0.05) is 6.92 Å². The van der Waals surface area contributed by atoms with Crippen LogP contribution in [0.15, 0.2) is 22.9 Å². The van der Waals surface area contributed by atoms with E-state index in [-0.39, 0.29) is 0 Å². The Kier molecular flexibility index (Phi) is 3.82. The zero-order valence-electron chi connectivity index (χ0n) is 9.78. The minimum Gasteiger partial charge on any atom is -0.381 e. The van der Waals surface area contributed by atoms with Gasteiger partial charge >= 0.3 is 0 Å². The highest BCUT2D eigenvalue weighted by Gasteiger charge is 2.24. The SMILES string of the molecule is CC1CN(C)CCC1Nc1ccncc1Br. The Morgan fingerprint density at radius 2 is 2.38 bits per heavy atom. The summed E-state index contributed by atoms with van der Waals surface area (Å²) >= 11 is 3.52. The summed E-state index contributed by atoms with van der Waals surface area (Å²) in [7, 11) is 2.19. The highest BCUT2D eigenvalue weighted by atomic mass is 79.9. The third-order valence-corrected chi connectivity index (χ3v) is 3.85. The van der Waals surface area contributed by atoms with Gasteiger partial charge in [0.25, 0.3) is 0 Å². The fourth-order valence-corrected chi connectivity index (χ4v) is 2.63. The quantitative estimate of drug-likeness (QED) is 0.904. The molecule has 2 atom stereocenters. The minimum absolute atomic E-state index is 0.565. The van der Waals surface area contributed by atoms with Gasteiger partial charge in [-0.2, -0.15) is 0 Å². The van der Waals surface area contributed by atoms with Crippen molar-refractivity contribution in [3.63, 3.8) is 0 Å². The van der Waals surface area contributed by atoms with Gasteiger partial charge < -0.3 is 10.2 Å². The maximum Gasteiger partial charge on any atom is 0.0590 e. The van der Waals surface area contributed by atoms with E-state index in [1.54, 1.807) is 0 Å². The molecule has 1 N–H and O–H groups in total. The Bertz CT molecular complexity index is 356. The second kappa shape index (κ2) is 5.15. The van der Waals surface area contributed by atoms with E-state index < -0.39 is 0 Å². The van der Waals surface area contributed by atoms with Crippen LogP contribution in [-0.4, -0.2) is 36.1 Å². The molecule has 1 fully saturated rings. The van der Waals surface area contributed by atoms with Crippen LogP contribution in [0, 0.1) is 5.92 Å². The fourth-order valence-electron chi connectivity index (χ4n) is 2.26. The number of halogens is 1. The predicted molar refractivity (Wildman–Crippen MR) is 70.6 cm³/mol. The van der Waals surface area contributed by atoms with Crippen molar-refractivity contribution < 1.29 is 0 Å². The summed E-state index contributed by atoms with van der Waals surface area (Å²) in [6, 6.07) is 2.59. The lowest BCUT2D eigenvalue weighted by molar-refractivity contribution is 0.206. The molecule has 1 aliphatic rings. The van der Waals surface area contributed by atoms with Crippen molar-refractivity contribution >= 4 is 21.6 Å². The second-order valence-electron chi connectivity index (χ2n) is 4.63. The van der Waals surface area contributed by atoms with Crippen LogP contribution in [-0.2, 0) is 0 Å². The molecule has 88 valence electrons. The van der Waals surface area contributed by atoms with E-state index in [2.05, 4.69) is 45.1 Å². The summed E-state index contributed by atoms with van der Waals surface area (Å²) in [5.74, 6) is 0.679. The van der Waals surface area contributed by atoms with E-state index in [4.69, 9.17) is 0 Å². The first-order valence-electron chi connectivity index (χ1n) is 5.71. The number of nitrogens with one attached hydrogen (secondary N) is 1. The molecule has 0 saturated carbocycles. The predicted octanol–water partition coefficient (Wildman–Crippen LogP) is 2.60. The van der Waals surface area contributed by atoms with Crippen molar-refractivity contribution in [1.29, 1.82) is 0 Å². The second-order valence-corrected chi connectivity index (χ2v) is 5.49. The van der Waals surface area contributed by atoms with Crippen molar-refractivity contribution in [3.8, 4) is 0 Å². The zero-order valence-corrected chi connectivity index (χ0v) is 11.4. The van der Waals surface area contributed by atoms with Gasteiger partial charge in [0.2, 0.25) is 0 Å². The van der Waals surface area contributed by atoms with Gasteiger partial charge in [-0.15, -0.1) is 0 Å². The monoisotopic (exact) mass is 283 g/mol. The maximum absolute atomic E-state index is 4.07. The van der Waals surface area contributed by atoms with E-state index in [0.29, 0.717) is 12.0 Å². The Morgan fingerprint density at radius 3 is 3.06 bits per heavy atom. The van der Waals surface area contributed by atoms with Crippen LogP contribution in [0.4, 0.5) is 5.69 Å². The lowest BCUT2D eigenvalue weighted by Crippen LogP contribution is -2.43. The molecule has 2 heterocycles. The third-order valence-electron chi connectivity index (χ3n) is 3.22. The number of pyridine rings is 1. The maximum atomic E-state index is 4.07. The molecule has 0 aromatic carbocycles. The number of hydrogen-bond donors (Lipinski definition) is 1. The molecule has 1 aliphatic heterocycles. The summed E-state index contributed by atoms with van der Waals surface area (Å²) in [5.41, 5.74) is 1.15. The molecule has 2 rings (SSSR count). The van der Waals surface area contributed by atoms with E-state index in [1.807, 2.05) is 18.5 Å². The lowest BCUT2D eigenvalue weighted by Gasteiger charge is -2.35. The highest BCUT2D eigenvalue weighted by Crippen LogP contribution is 2.25. The smallest absolute Gasteiger partial charge is 0.0590 e. The van der Waals surface area contributed by atoms with Crippen LogP contribution >= 0.6 is 15.9 Å². The molecule has 0 aliphatic carbocycles. The number of piperidine rings is 1. The first-order valence-corrected chi connectivity index (χ1v) is 6.50. The number of likely N-dealkylation sites (tertiary alicyclic amines) is 1. The van der Waals surface area contributed by atoms with E-state index >= 15 is 0 Å². The number of rotatable bonds is 2. The van der Waals surface area contributed by atoms with Gasteiger partial charge in [0.05, 0.1) is 10.2 Å². The topological polar surface area (TPSA) is 28.2 Å². The van der Waals surface area contributed by atoms with Crippen LogP contribution in [0.25, 0.3) is 0 Å². The Balaban J connectivity index is 2.02. The summed E-state index contributed by atoms with van der Waals surface area (Å²) in [5, 5.41) is 3.61. The van der Waals surface area contributed by atoms with Crippen LogP contribution in [0.5, 0.6) is 0 Å². The largest absolute Gasteiger partial charge is 0.381 e. The normalized spacial score (nSPS) is 26.7. The first kappa shape index (κ1) is 11.9. The molecule has 2 unspecified atom stereocenters.